The van der Waals surface area contributed by atoms with Crippen LogP contribution in [0.3, 0.4) is 0 Å². The van der Waals surface area contributed by atoms with E-state index in [2.05, 4.69) is 36.8 Å². The van der Waals surface area contributed by atoms with Gasteiger partial charge in [-0.15, -0.1) is 0 Å². The zero-order valence-electron chi connectivity index (χ0n) is 28.7. The number of nitrogens with zero attached hydrogens (tertiary/aromatic N) is 4. The van der Waals surface area contributed by atoms with Gasteiger partial charge < -0.3 is 19.9 Å². The predicted molar refractivity (Wildman–Crippen MR) is 199 cm³/mol. The highest BCUT2D eigenvalue weighted by Crippen LogP contribution is 2.41. The molecule has 8 nitrogen and oxygen atoms in total. The number of halogens is 7. The number of benzene rings is 2. The van der Waals surface area contributed by atoms with Gasteiger partial charge in [-0.3, -0.25) is 9.36 Å². The van der Waals surface area contributed by atoms with Crippen LogP contribution in [0.25, 0.3) is 11.3 Å². The summed E-state index contributed by atoms with van der Waals surface area (Å²) in [5, 5.41) is 14.4. The number of hydrogen-bond acceptors (Lipinski definition) is 6. The Morgan fingerprint density at radius 2 is 1.21 bits per heavy atom. The van der Waals surface area contributed by atoms with Crippen LogP contribution in [0.5, 0.6) is 0 Å². The van der Waals surface area contributed by atoms with Crippen molar-refractivity contribution in [2.24, 2.45) is 14.1 Å². The van der Waals surface area contributed by atoms with Gasteiger partial charge in [-0.2, -0.15) is 36.5 Å². The van der Waals surface area contributed by atoms with Gasteiger partial charge in [0.15, 0.2) is 0 Å². The van der Waals surface area contributed by atoms with E-state index < -0.39 is 23.5 Å². The molecule has 2 N–H and O–H groups in total. The van der Waals surface area contributed by atoms with Crippen molar-refractivity contribution in [3.05, 3.63) is 75.5 Å². The number of hydrogen-bond donors (Lipinski definition) is 2. The van der Waals surface area contributed by atoms with Crippen LogP contribution in [-0.2, 0) is 48.6 Å². The molecule has 7 rings (SSSR count). The third-order valence-electron chi connectivity index (χ3n) is 9.14. The van der Waals surface area contributed by atoms with Crippen LogP contribution in [0.15, 0.2) is 53.3 Å². The molecule has 1 fully saturated rings. The van der Waals surface area contributed by atoms with E-state index in [1.807, 2.05) is 47.0 Å². The van der Waals surface area contributed by atoms with E-state index in [-0.39, 0.29) is 43.2 Å². The van der Waals surface area contributed by atoms with Crippen molar-refractivity contribution in [3.63, 3.8) is 0 Å². The second-order valence-electron chi connectivity index (χ2n) is 13.5. The number of aromatic nitrogens is 4. The minimum Gasteiger partial charge on any atom is -0.398 e. The van der Waals surface area contributed by atoms with Crippen molar-refractivity contribution < 1.29 is 35.7 Å². The fraction of sp³-hybridized carbons (Fsp3) is 0.500. The quantitative estimate of drug-likeness (QED) is 0.156. The van der Waals surface area contributed by atoms with Crippen LogP contribution in [-0.4, -0.2) is 51.0 Å². The van der Waals surface area contributed by atoms with Gasteiger partial charge >= 0.3 is 19.5 Å². The van der Waals surface area contributed by atoms with Crippen molar-refractivity contribution in [1.82, 2.24) is 19.6 Å². The summed E-state index contributed by atoms with van der Waals surface area (Å²) in [6.45, 7) is 9.61. The first-order valence-electron chi connectivity index (χ1n) is 16.2. The standard InChI is InChI=1S/C14H14F3N3.C10H17BN2O2.C10H9BrF3N.2CH4/c1-20-6-4-12(19-20)10-7-9-3-2-5-18-13(9)8-11(10)14(15,16)17;1-9(2)10(3,4)15-11(14-9)8-6-7-13(5)12-8;11-8-4-6-2-1-3-15-9(6)5-7(8)10(12,13)14;;/h4,6-8,18H,2-3,5H2,1H3;6-7H,1-5H3;4-5,15H,1-3H2;2*1H4. The molecule has 0 saturated carbocycles. The van der Waals surface area contributed by atoms with E-state index in [0.29, 0.717) is 23.6 Å². The Kier molecular flexibility index (Phi) is 13.4. The molecule has 3 aliphatic rings. The molecule has 2 aromatic heterocycles. The van der Waals surface area contributed by atoms with Gasteiger partial charge in [-0.25, -0.2) is 0 Å². The maximum Gasteiger partial charge on any atom is 0.516 e. The van der Waals surface area contributed by atoms with Crippen molar-refractivity contribution in [1.29, 1.82) is 0 Å². The summed E-state index contributed by atoms with van der Waals surface area (Å²) in [4.78, 5) is 0. The Balaban J connectivity index is 0.000000210. The maximum absolute atomic E-state index is 13.2. The Labute approximate surface area is 310 Å². The normalized spacial score (nSPS) is 17.0. The lowest BCUT2D eigenvalue weighted by Crippen LogP contribution is -2.41. The lowest BCUT2D eigenvalue weighted by Gasteiger charge is -2.32. The Hall–Kier alpha value is -3.50. The fourth-order valence-electron chi connectivity index (χ4n) is 5.75. The van der Waals surface area contributed by atoms with Crippen LogP contribution in [0.1, 0.15) is 77.6 Å². The Bertz CT molecular complexity index is 1810. The molecule has 1 saturated heterocycles. The van der Waals surface area contributed by atoms with Crippen LogP contribution >= 0.6 is 15.9 Å². The molecule has 52 heavy (non-hydrogen) atoms. The average molecular weight is 802 g/mol. The molecule has 16 heteroatoms. The summed E-state index contributed by atoms with van der Waals surface area (Å²) in [6, 6.07) is 9.09. The number of anilines is 2. The Morgan fingerprint density at radius 1 is 0.731 bits per heavy atom. The molecule has 0 unspecified atom stereocenters. The molecular weight excluding hydrogens is 753 g/mol. The number of fused-ring (bicyclic) bond motifs is 2. The molecule has 286 valence electrons. The zero-order valence-corrected chi connectivity index (χ0v) is 30.3. The SMILES string of the molecule is C.C.Cn1ccc(-c2cc3c(cc2C(F)(F)F)NCCC3)n1.Cn1ccc(B2OC(C)(C)C(C)(C)O2)n1.FC(F)(F)c1cc2c(cc1Br)CCCN2. The van der Waals surface area contributed by atoms with Crippen molar-refractivity contribution in [2.75, 3.05) is 23.7 Å². The van der Waals surface area contributed by atoms with E-state index in [1.165, 1.54) is 16.8 Å². The van der Waals surface area contributed by atoms with E-state index in [0.717, 1.165) is 48.9 Å². The summed E-state index contributed by atoms with van der Waals surface area (Å²) in [6.07, 6.45) is -1.63. The second-order valence-corrected chi connectivity index (χ2v) is 14.3. The van der Waals surface area contributed by atoms with Gasteiger partial charge in [-0.1, -0.05) is 30.8 Å². The second kappa shape index (κ2) is 16.3. The molecular formula is C36H48BBrF6N6O2. The molecule has 4 aromatic rings. The average Bonchev–Trinajstić information content (AvgIpc) is 3.72. The van der Waals surface area contributed by atoms with Gasteiger partial charge in [0.1, 0.15) is 0 Å². The molecule has 0 amide bonds. The van der Waals surface area contributed by atoms with Crippen LogP contribution in [0.4, 0.5) is 37.7 Å². The molecule has 5 heterocycles. The topological polar surface area (TPSA) is 78.2 Å². The van der Waals surface area contributed by atoms with E-state index in [4.69, 9.17) is 9.31 Å². The minimum atomic E-state index is -4.39. The summed E-state index contributed by atoms with van der Waals surface area (Å²) >= 11 is 2.96. The van der Waals surface area contributed by atoms with Gasteiger partial charge in [0.05, 0.1) is 33.6 Å². The van der Waals surface area contributed by atoms with Crippen LogP contribution in [0, 0.1) is 0 Å². The van der Waals surface area contributed by atoms with Crippen molar-refractivity contribution in [2.45, 2.75) is 91.8 Å². The Morgan fingerprint density at radius 3 is 1.67 bits per heavy atom. The van der Waals surface area contributed by atoms with E-state index in [1.54, 1.807) is 36.1 Å². The maximum atomic E-state index is 13.2. The molecule has 0 radical (unpaired) electrons. The lowest BCUT2D eigenvalue weighted by atomic mass is 9.85. The molecule has 0 aliphatic carbocycles. The number of rotatable bonds is 2. The van der Waals surface area contributed by atoms with Crippen LogP contribution in [0.2, 0.25) is 0 Å². The smallest absolute Gasteiger partial charge is 0.398 e. The molecule has 2 aromatic carbocycles. The number of nitrogens with one attached hydrogen (secondary N) is 2. The number of aryl methyl sites for hydroxylation is 4. The van der Waals surface area contributed by atoms with Crippen molar-refractivity contribution in [3.8, 4) is 11.3 Å². The minimum absolute atomic E-state index is 0. The van der Waals surface area contributed by atoms with Gasteiger partial charge in [-0.05, 0) is 101 Å². The van der Waals surface area contributed by atoms with E-state index >= 15 is 0 Å². The highest BCUT2D eigenvalue weighted by Gasteiger charge is 2.52. The summed E-state index contributed by atoms with van der Waals surface area (Å²) in [5.74, 6) is 0. The highest BCUT2D eigenvalue weighted by atomic mass is 79.9. The summed E-state index contributed by atoms with van der Waals surface area (Å²) in [7, 11) is 3.22. The fourth-order valence-corrected chi connectivity index (χ4v) is 6.37. The third-order valence-corrected chi connectivity index (χ3v) is 9.80. The predicted octanol–water partition coefficient (Wildman–Crippen LogP) is 9.28. The first-order chi connectivity index (χ1) is 23.2. The highest BCUT2D eigenvalue weighted by molar-refractivity contribution is 9.10. The van der Waals surface area contributed by atoms with Gasteiger partial charge in [0.2, 0.25) is 0 Å². The van der Waals surface area contributed by atoms with E-state index in [9.17, 15) is 26.3 Å². The van der Waals surface area contributed by atoms with Crippen molar-refractivity contribution >= 4 is 40.0 Å². The molecule has 0 bridgehead atoms. The third kappa shape index (κ3) is 9.73. The first-order valence-corrected chi connectivity index (χ1v) is 17.0. The lowest BCUT2D eigenvalue weighted by molar-refractivity contribution is -0.138. The summed E-state index contributed by atoms with van der Waals surface area (Å²) in [5.41, 5.74) is 2.56. The monoisotopic (exact) mass is 800 g/mol. The molecule has 0 spiro atoms. The summed E-state index contributed by atoms with van der Waals surface area (Å²) < 4.78 is 92.5. The van der Waals surface area contributed by atoms with Gasteiger partial charge in [0.25, 0.3) is 0 Å². The largest absolute Gasteiger partial charge is 0.516 e. The molecule has 0 atom stereocenters. The number of alkyl halides is 6. The molecule has 3 aliphatic heterocycles. The van der Waals surface area contributed by atoms with Crippen LogP contribution < -0.4 is 16.2 Å². The zero-order chi connectivity index (χ0) is 36.6. The van der Waals surface area contributed by atoms with Gasteiger partial charge in [0, 0.05) is 61.0 Å². The first kappa shape index (κ1) is 42.9.